The van der Waals surface area contributed by atoms with Gasteiger partial charge in [0, 0.05) is 5.39 Å². The molecular formula is C12H13FN2. The van der Waals surface area contributed by atoms with E-state index in [2.05, 4.69) is 4.98 Å². The Morgan fingerprint density at radius 3 is 2.73 bits per heavy atom. The average molecular weight is 204 g/mol. The number of halogens is 1. The van der Waals surface area contributed by atoms with E-state index < -0.39 is 0 Å². The Morgan fingerprint density at radius 2 is 2.07 bits per heavy atom. The molecule has 2 rings (SSSR count). The van der Waals surface area contributed by atoms with Crippen LogP contribution >= 0.6 is 0 Å². The fourth-order valence-electron chi connectivity index (χ4n) is 1.85. The predicted molar refractivity (Wildman–Crippen MR) is 60.2 cm³/mol. The van der Waals surface area contributed by atoms with Crippen LogP contribution in [0.4, 0.5) is 10.1 Å². The molecule has 1 aromatic heterocycles. The first kappa shape index (κ1) is 9.90. The standard InChI is InChI=1S/C12H13FN2/c1-7(2)12-9-5-8(13)3-4-11(9)15-6-10(12)14/h3-7H,14H2,1-2H3. The minimum atomic E-state index is -0.253. The lowest BCUT2D eigenvalue weighted by molar-refractivity contribution is 0.629. The molecule has 0 aliphatic carbocycles. The van der Waals surface area contributed by atoms with Crippen LogP contribution in [0, 0.1) is 5.82 Å². The molecule has 1 heterocycles. The number of pyridine rings is 1. The second-order valence-electron chi connectivity index (χ2n) is 3.94. The number of fused-ring (bicyclic) bond motifs is 1. The zero-order valence-corrected chi connectivity index (χ0v) is 8.79. The van der Waals surface area contributed by atoms with Crippen molar-refractivity contribution < 1.29 is 4.39 Å². The molecule has 2 nitrogen and oxygen atoms in total. The Balaban J connectivity index is 2.84. The summed E-state index contributed by atoms with van der Waals surface area (Å²) >= 11 is 0. The van der Waals surface area contributed by atoms with Crippen LogP contribution in [0.3, 0.4) is 0 Å². The molecule has 2 N–H and O–H groups in total. The first-order valence-electron chi connectivity index (χ1n) is 4.93. The van der Waals surface area contributed by atoms with Crippen LogP contribution in [-0.2, 0) is 0 Å². The molecular weight excluding hydrogens is 191 g/mol. The van der Waals surface area contributed by atoms with Gasteiger partial charge in [0.05, 0.1) is 17.4 Å². The normalized spacial score (nSPS) is 11.2. The highest BCUT2D eigenvalue weighted by Gasteiger charge is 2.10. The van der Waals surface area contributed by atoms with Crippen LogP contribution in [-0.4, -0.2) is 4.98 Å². The Morgan fingerprint density at radius 1 is 1.33 bits per heavy atom. The molecule has 3 heteroatoms. The topological polar surface area (TPSA) is 38.9 Å². The molecule has 2 aromatic rings. The van der Waals surface area contributed by atoms with Gasteiger partial charge in [-0.2, -0.15) is 0 Å². The first-order chi connectivity index (χ1) is 7.09. The number of hydrogen-bond acceptors (Lipinski definition) is 2. The lowest BCUT2D eigenvalue weighted by Crippen LogP contribution is -1.99. The minimum Gasteiger partial charge on any atom is -0.397 e. The summed E-state index contributed by atoms with van der Waals surface area (Å²) < 4.78 is 13.1. The number of rotatable bonds is 1. The number of hydrogen-bond donors (Lipinski definition) is 1. The van der Waals surface area contributed by atoms with E-state index in [1.165, 1.54) is 12.1 Å². The number of nitrogens with zero attached hydrogens (tertiary/aromatic N) is 1. The van der Waals surface area contributed by atoms with Crippen LogP contribution < -0.4 is 5.73 Å². The zero-order chi connectivity index (χ0) is 11.0. The van der Waals surface area contributed by atoms with E-state index in [4.69, 9.17) is 5.73 Å². The van der Waals surface area contributed by atoms with E-state index >= 15 is 0 Å². The molecule has 0 saturated carbocycles. The third-order valence-electron chi connectivity index (χ3n) is 2.48. The highest BCUT2D eigenvalue weighted by Crippen LogP contribution is 2.29. The SMILES string of the molecule is CC(C)c1c(N)cnc2ccc(F)cc12. The molecule has 0 bridgehead atoms. The van der Waals surface area contributed by atoms with Crippen molar-refractivity contribution in [2.75, 3.05) is 5.73 Å². The first-order valence-corrected chi connectivity index (χ1v) is 4.93. The van der Waals surface area contributed by atoms with Gasteiger partial charge in [-0.3, -0.25) is 4.98 Å². The maximum absolute atomic E-state index is 13.1. The third kappa shape index (κ3) is 1.65. The van der Waals surface area contributed by atoms with Gasteiger partial charge in [0.1, 0.15) is 5.82 Å². The van der Waals surface area contributed by atoms with Crippen molar-refractivity contribution in [2.24, 2.45) is 0 Å². The summed E-state index contributed by atoms with van der Waals surface area (Å²) in [5.41, 5.74) is 8.24. The molecule has 0 fully saturated rings. The van der Waals surface area contributed by atoms with Crippen molar-refractivity contribution in [2.45, 2.75) is 19.8 Å². The van der Waals surface area contributed by atoms with Crippen LogP contribution in [0.1, 0.15) is 25.3 Å². The van der Waals surface area contributed by atoms with Crippen LogP contribution in [0.15, 0.2) is 24.4 Å². The van der Waals surface area contributed by atoms with Crippen LogP contribution in [0.25, 0.3) is 10.9 Å². The van der Waals surface area contributed by atoms with E-state index in [0.29, 0.717) is 5.69 Å². The van der Waals surface area contributed by atoms with Gasteiger partial charge in [-0.05, 0) is 29.7 Å². The molecule has 0 aliphatic rings. The van der Waals surface area contributed by atoms with E-state index in [-0.39, 0.29) is 11.7 Å². The molecule has 0 atom stereocenters. The van der Waals surface area contributed by atoms with Gasteiger partial charge in [0.25, 0.3) is 0 Å². The Hall–Kier alpha value is -1.64. The molecule has 78 valence electrons. The van der Waals surface area contributed by atoms with Crippen molar-refractivity contribution >= 4 is 16.6 Å². The van der Waals surface area contributed by atoms with Gasteiger partial charge in [-0.25, -0.2) is 4.39 Å². The molecule has 15 heavy (non-hydrogen) atoms. The van der Waals surface area contributed by atoms with Crippen LogP contribution in [0.2, 0.25) is 0 Å². The summed E-state index contributed by atoms with van der Waals surface area (Å²) in [5, 5.41) is 0.810. The molecule has 0 saturated heterocycles. The lowest BCUT2D eigenvalue weighted by Gasteiger charge is -2.12. The van der Waals surface area contributed by atoms with Crippen molar-refractivity contribution in [1.29, 1.82) is 0 Å². The number of anilines is 1. The quantitative estimate of drug-likeness (QED) is 0.775. The van der Waals surface area contributed by atoms with Gasteiger partial charge < -0.3 is 5.73 Å². The fourth-order valence-corrected chi connectivity index (χ4v) is 1.85. The summed E-state index contributed by atoms with van der Waals surface area (Å²) in [6, 6.07) is 4.58. The summed E-state index contributed by atoms with van der Waals surface area (Å²) in [5.74, 6) is 0.00843. The zero-order valence-electron chi connectivity index (χ0n) is 8.79. The van der Waals surface area contributed by atoms with Gasteiger partial charge in [-0.15, -0.1) is 0 Å². The average Bonchev–Trinajstić information content (AvgIpc) is 2.16. The van der Waals surface area contributed by atoms with Crippen molar-refractivity contribution in [3.8, 4) is 0 Å². The molecule has 0 amide bonds. The summed E-state index contributed by atoms with van der Waals surface area (Å²) in [7, 11) is 0. The van der Waals surface area contributed by atoms with Gasteiger partial charge in [0.15, 0.2) is 0 Å². The smallest absolute Gasteiger partial charge is 0.123 e. The maximum Gasteiger partial charge on any atom is 0.123 e. The lowest BCUT2D eigenvalue weighted by atomic mass is 9.97. The molecule has 0 spiro atoms. The monoisotopic (exact) mass is 204 g/mol. The van der Waals surface area contributed by atoms with E-state index in [1.807, 2.05) is 13.8 Å². The Bertz CT molecular complexity index is 501. The largest absolute Gasteiger partial charge is 0.397 e. The number of aromatic nitrogens is 1. The number of nitrogens with two attached hydrogens (primary N) is 1. The van der Waals surface area contributed by atoms with Crippen molar-refractivity contribution in [3.63, 3.8) is 0 Å². The van der Waals surface area contributed by atoms with E-state index in [1.54, 1.807) is 12.3 Å². The predicted octanol–water partition coefficient (Wildman–Crippen LogP) is 3.08. The third-order valence-corrected chi connectivity index (χ3v) is 2.48. The van der Waals surface area contributed by atoms with Crippen molar-refractivity contribution in [1.82, 2.24) is 4.98 Å². The summed E-state index contributed by atoms with van der Waals surface area (Å²) in [4.78, 5) is 4.17. The van der Waals surface area contributed by atoms with Crippen LogP contribution in [0.5, 0.6) is 0 Å². The Kier molecular flexibility index (Phi) is 2.31. The second kappa shape index (κ2) is 3.50. The summed E-state index contributed by atoms with van der Waals surface area (Å²) in [6.07, 6.45) is 1.63. The molecule has 0 unspecified atom stereocenters. The molecule has 0 aliphatic heterocycles. The second-order valence-corrected chi connectivity index (χ2v) is 3.94. The Labute approximate surface area is 87.9 Å². The maximum atomic E-state index is 13.1. The van der Waals surface area contributed by atoms with Gasteiger partial charge in [0.2, 0.25) is 0 Å². The number of nitrogen functional groups attached to an aromatic ring is 1. The number of benzene rings is 1. The fraction of sp³-hybridized carbons (Fsp3) is 0.250. The van der Waals surface area contributed by atoms with Gasteiger partial charge >= 0.3 is 0 Å². The molecule has 0 radical (unpaired) electrons. The molecule has 1 aromatic carbocycles. The van der Waals surface area contributed by atoms with Crippen molar-refractivity contribution in [3.05, 3.63) is 35.8 Å². The summed E-state index contributed by atoms with van der Waals surface area (Å²) in [6.45, 7) is 4.08. The highest BCUT2D eigenvalue weighted by molar-refractivity contribution is 5.86. The van der Waals surface area contributed by atoms with E-state index in [9.17, 15) is 4.39 Å². The minimum absolute atomic E-state index is 0.253. The van der Waals surface area contributed by atoms with E-state index in [0.717, 1.165) is 16.5 Å². The van der Waals surface area contributed by atoms with Gasteiger partial charge in [-0.1, -0.05) is 13.8 Å². The highest BCUT2D eigenvalue weighted by atomic mass is 19.1.